The summed E-state index contributed by atoms with van der Waals surface area (Å²) in [6.07, 6.45) is 19.8. The van der Waals surface area contributed by atoms with E-state index < -0.39 is 16.6 Å². The molecule has 471 valence electrons. The molecule has 3 atom stereocenters. The molecule has 94 heavy (non-hydrogen) atoms. The second kappa shape index (κ2) is 24.5. The highest BCUT2D eigenvalue weighted by molar-refractivity contribution is 6.11. The van der Waals surface area contributed by atoms with E-state index in [0.29, 0.717) is 0 Å². The zero-order valence-electron chi connectivity index (χ0n) is 53.7. The molecule has 6 heterocycles. The Balaban J connectivity index is 0.000000135. The largest absolute Gasteiger partial charge is 0.496 e. The fraction of sp³-hybridized carbons (Fsp3) is 0.250. The number of aliphatic imine (C=N–C) groups is 3. The average Bonchev–Trinajstić information content (AvgIpc) is 1.55. The molecule has 6 aromatic carbocycles. The van der Waals surface area contributed by atoms with E-state index in [1.165, 1.54) is 33.7 Å². The van der Waals surface area contributed by atoms with Crippen LogP contribution in [-0.2, 0) is 69.5 Å². The number of guanidine groups is 3. The number of amides is 3. The topological polar surface area (TPSA) is 281 Å². The SMILES string of the molecule is COc1ccc2c(c1C)CCc1ccc(-c3cncnc3)cc1C21N=C(N)N(C)C1=O.COc1ccc2c(c1C)CCc1ccc(-c3cncnc3)cc1[C@@]21N=C(N)N(C)C1=O.COc1ccc2c(c1C)CCc1ccc(-c3cncnc3)cc1[C@]21N=C(N)N(C)C1=O.[B]. The van der Waals surface area contributed by atoms with Gasteiger partial charge in [0.25, 0.3) is 17.7 Å². The van der Waals surface area contributed by atoms with E-state index in [2.05, 4.69) is 48.1 Å². The number of benzene rings is 6. The smallest absolute Gasteiger partial charge is 0.266 e. The van der Waals surface area contributed by atoms with Crippen LogP contribution in [0.5, 0.6) is 17.2 Å². The summed E-state index contributed by atoms with van der Waals surface area (Å²) in [5.41, 5.74) is 35.1. The highest BCUT2D eigenvalue weighted by Gasteiger charge is 2.56. The van der Waals surface area contributed by atoms with Crippen molar-refractivity contribution in [1.29, 1.82) is 0 Å². The van der Waals surface area contributed by atoms with Gasteiger partial charge in [0.2, 0.25) is 0 Å². The lowest BCUT2D eigenvalue weighted by Crippen LogP contribution is -2.41. The molecule has 21 nitrogen and oxygen atoms in total. The molecule has 3 aliphatic carbocycles. The lowest BCUT2D eigenvalue weighted by Gasteiger charge is -2.29. The number of nitrogens with zero attached hydrogens (tertiary/aromatic N) is 12. The van der Waals surface area contributed by atoms with E-state index in [4.69, 9.17) is 46.4 Å². The normalized spacial score (nSPS) is 19.4. The molecule has 0 bridgehead atoms. The first-order chi connectivity index (χ1) is 44.9. The van der Waals surface area contributed by atoms with Crippen molar-refractivity contribution in [2.75, 3.05) is 42.5 Å². The van der Waals surface area contributed by atoms with Gasteiger partial charge in [-0.2, -0.15) is 0 Å². The second-order valence-corrected chi connectivity index (χ2v) is 23.9. The van der Waals surface area contributed by atoms with E-state index in [-0.39, 0.29) is 44.0 Å². The first-order valence-electron chi connectivity index (χ1n) is 30.5. The molecule has 0 saturated carbocycles. The van der Waals surface area contributed by atoms with E-state index in [9.17, 15) is 14.4 Å². The summed E-state index contributed by atoms with van der Waals surface area (Å²) in [5, 5.41) is 0. The molecule has 6 aliphatic rings. The first-order valence-corrected chi connectivity index (χ1v) is 30.5. The first kappa shape index (κ1) is 63.0. The molecule has 3 spiro atoms. The van der Waals surface area contributed by atoms with Gasteiger partial charge >= 0.3 is 0 Å². The number of aryl methyl sites for hydroxylation is 3. The Bertz CT molecular complexity index is 4190. The maximum Gasteiger partial charge on any atom is 0.266 e. The number of nitrogens with two attached hydrogens (primary N) is 3. The standard InChI is InChI=1S/3C24H23N5O2.B/c3*1-14-18-7-6-15-4-5-16(17-11-26-13-27-12-17)10-20(15)24(19(18)8-9-21(14)31-3)22(30)29(2)23(25)28-24;/h3*4-5,8-13H,6-7H2,1-3H3,(H2,25,28);/t2*24-;;/m10../s1. The minimum absolute atomic E-state index is 0. The van der Waals surface area contributed by atoms with E-state index in [0.717, 1.165) is 173 Å². The Labute approximate surface area is 546 Å². The van der Waals surface area contributed by atoms with Crippen LogP contribution in [0.3, 0.4) is 0 Å². The number of carbonyl (C=O) groups excluding carboxylic acids is 3. The van der Waals surface area contributed by atoms with Crippen molar-refractivity contribution in [2.45, 2.75) is 75.9 Å². The van der Waals surface area contributed by atoms with Gasteiger partial charge in [-0.25, -0.2) is 44.9 Å². The Morgan fingerprint density at radius 3 is 0.840 bits per heavy atom. The van der Waals surface area contributed by atoms with Crippen molar-refractivity contribution in [1.82, 2.24) is 44.6 Å². The highest BCUT2D eigenvalue weighted by atomic mass is 16.5. The molecule has 3 amide bonds. The van der Waals surface area contributed by atoms with Crippen molar-refractivity contribution in [3.8, 4) is 50.6 Å². The Morgan fingerprint density at radius 2 is 0.617 bits per heavy atom. The zero-order chi connectivity index (χ0) is 65.3. The quantitative estimate of drug-likeness (QED) is 0.137. The van der Waals surface area contributed by atoms with Gasteiger partial charge in [0.1, 0.15) is 36.2 Å². The van der Waals surface area contributed by atoms with Crippen LogP contribution < -0.4 is 31.4 Å². The van der Waals surface area contributed by atoms with Crippen molar-refractivity contribution in [3.63, 3.8) is 0 Å². The van der Waals surface area contributed by atoms with Gasteiger partial charge in [0.15, 0.2) is 34.5 Å². The van der Waals surface area contributed by atoms with Crippen molar-refractivity contribution >= 4 is 44.0 Å². The minimum Gasteiger partial charge on any atom is -0.496 e. The van der Waals surface area contributed by atoms with E-state index in [1.54, 1.807) is 79.7 Å². The summed E-state index contributed by atoms with van der Waals surface area (Å²) < 4.78 is 16.7. The number of carbonyl (C=O) groups is 3. The number of aromatic nitrogens is 6. The molecule has 3 radical (unpaired) electrons. The van der Waals surface area contributed by atoms with Gasteiger partial charge in [-0.15, -0.1) is 0 Å². The average molecular weight is 1250 g/mol. The highest BCUT2D eigenvalue weighted by Crippen LogP contribution is 2.51. The van der Waals surface area contributed by atoms with Crippen LogP contribution in [0, 0.1) is 20.8 Å². The van der Waals surface area contributed by atoms with Crippen LogP contribution in [0.4, 0.5) is 0 Å². The van der Waals surface area contributed by atoms with Crippen LogP contribution in [0.1, 0.15) is 83.5 Å². The van der Waals surface area contributed by atoms with Gasteiger partial charge in [0, 0.05) is 83.4 Å². The lowest BCUT2D eigenvalue weighted by molar-refractivity contribution is -0.130. The van der Waals surface area contributed by atoms with Crippen molar-refractivity contribution in [2.24, 2.45) is 32.2 Å². The predicted molar refractivity (Wildman–Crippen MR) is 359 cm³/mol. The lowest BCUT2D eigenvalue weighted by atomic mass is 9.78. The Hall–Kier alpha value is -11.2. The third kappa shape index (κ3) is 9.84. The van der Waals surface area contributed by atoms with Gasteiger partial charge in [0.05, 0.1) is 21.3 Å². The van der Waals surface area contributed by atoms with Crippen molar-refractivity contribution in [3.05, 3.63) is 231 Å². The summed E-state index contributed by atoms with van der Waals surface area (Å²) in [4.78, 5) is 84.9. The number of hydrogen-bond acceptors (Lipinski definition) is 18. The molecule has 22 heteroatoms. The number of fused-ring (bicyclic) bond motifs is 12. The molecule has 9 aromatic rings. The monoisotopic (exact) mass is 1250 g/mol. The number of methoxy groups -OCH3 is 3. The Morgan fingerprint density at radius 1 is 0.362 bits per heavy atom. The van der Waals surface area contributed by atoms with Crippen LogP contribution in [-0.4, -0.2) is 131 Å². The molecule has 0 saturated heterocycles. The summed E-state index contributed by atoms with van der Waals surface area (Å²) in [6.45, 7) is 6.10. The fourth-order valence-corrected chi connectivity index (χ4v) is 14.3. The summed E-state index contributed by atoms with van der Waals surface area (Å²) in [7, 11) is 10.0. The molecule has 15 rings (SSSR count). The summed E-state index contributed by atoms with van der Waals surface area (Å²) >= 11 is 0. The maximum atomic E-state index is 13.8. The third-order valence-electron chi connectivity index (χ3n) is 19.3. The van der Waals surface area contributed by atoms with Crippen LogP contribution in [0.25, 0.3) is 33.4 Å². The van der Waals surface area contributed by atoms with Gasteiger partial charge in [-0.1, -0.05) is 54.6 Å². The molecular weight excluding hydrogens is 1180 g/mol. The van der Waals surface area contributed by atoms with Gasteiger partial charge in [-0.05, 0) is 196 Å². The summed E-state index contributed by atoms with van der Waals surface area (Å²) in [6, 6.07) is 30.1. The fourth-order valence-electron chi connectivity index (χ4n) is 14.3. The van der Waals surface area contributed by atoms with Crippen molar-refractivity contribution < 1.29 is 28.6 Å². The number of rotatable bonds is 6. The van der Waals surface area contributed by atoms with E-state index in [1.807, 2.05) is 93.6 Å². The predicted octanol–water partition coefficient (Wildman–Crippen LogP) is 7.39. The van der Waals surface area contributed by atoms with Crippen LogP contribution >= 0.6 is 0 Å². The van der Waals surface area contributed by atoms with E-state index >= 15 is 0 Å². The maximum absolute atomic E-state index is 13.8. The minimum atomic E-state index is -1.22. The molecule has 3 aliphatic heterocycles. The third-order valence-corrected chi connectivity index (χ3v) is 19.3. The second-order valence-electron chi connectivity index (χ2n) is 23.9. The molecule has 3 aromatic heterocycles. The number of hydrogen-bond donors (Lipinski definition) is 3. The van der Waals surface area contributed by atoms with Gasteiger partial charge < -0.3 is 31.4 Å². The number of ether oxygens (including phenoxy) is 3. The van der Waals surface area contributed by atoms with Crippen LogP contribution in [0.15, 0.2) is 162 Å². The molecular formula is C72H69BN15O6. The zero-order valence-corrected chi connectivity index (χ0v) is 53.7. The van der Waals surface area contributed by atoms with Gasteiger partial charge in [-0.3, -0.25) is 29.1 Å². The Kier molecular flexibility index (Phi) is 16.4. The summed E-state index contributed by atoms with van der Waals surface area (Å²) in [5.74, 6) is 2.59. The molecule has 1 unspecified atom stereocenters. The molecule has 6 N–H and O–H groups in total. The number of likely N-dealkylation sites (N-methyl/N-ethyl adjacent to an activating group) is 3. The van der Waals surface area contributed by atoms with Crippen LogP contribution in [0.2, 0.25) is 0 Å². The molecule has 0 fully saturated rings.